The number of carbonyl (C=O) groups is 1. The van der Waals surface area contributed by atoms with Gasteiger partial charge in [-0.3, -0.25) is 9.20 Å². The minimum atomic E-state index is -0.213. The van der Waals surface area contributed by atoms with Crippen LogP contribution in [0, 0.1) is 0 Å². The standard InChI is InChI=1S/C20H15N3O2/c24-20(18-14-21-19-8-4-5-13-23(18)19)22-15-9-11-17(12-10-15)25-16-6-2-1-3-7-16/h1-14H,(H,22,24). The number of para-hydroxylation sites is 1. The Kier molecular flexibility index (Phi) is 3.88. The summed E-state index contributed by atoms with van der Waals surface area (Å²) in [6, 6.07) is 22.4. The number of nitrogens with zero attached hydrogens (tertiary/aromatic N) is 2. The minimum absolute atomic E-state index is 0.213. The fourth-order valence-corrected chi connectivity index (χ4v) is 2.53. The molecule has 2 aromatic heterocycles. The van der Waals surface area contributed by atoms with E-state index < -0.39 is 0 Å². The predicted molar refractivity (Wildman–Crippen MR) is 96.1 cm³/mol. The smallest absolute Gasteiger partial charge is 0.274 e. The second-order valence-corrected chi connectivity index (χ2v) is 5.47. The molecule has 122 valence electrons. The summed E-state index contributed by atoms with van der Waals surface area (Å²) in [5.41, 5.74) is 1.91. The quantitative estimate of drug-likeness (QED) is 0.604. The highest BCUT2D eigenvalue weighted by Crippen LogP contribution is 2.23. The monoisotopic (exact) mass is 329 g/mol. The number of imidazole rings is 1. The minimum Gasteiger partial charge on any atom is -0.457 e. The first-order valence-corrected chi connectivity index (χ1v) is 7.86. The van der Waals surface area contributed by atoms with Gasteiger partial charge in [-0.1, -0.05) is 24.3 Å². The molecule has 2 heterocycles. The maximum atomic E-state index is 12.5. The number of nitrogens with one attached hydrogen (secondary N) is 1. The molecule has 0 aliphatic carbocycles. The summed E-state index contributed by atoms with van der Waals surface area (Å²) >= 11 is 0. The summed E-state index contributed by atoms with van der Waals surface area (Å²) in [6.45, 7) is 0. The molecule has 5 nitrogen and oxygen atoms in total. The van der Waals surface area contributed by atoms with E-state index in [2.05, 4.69) is 10.3 Å². The van der Waals surface area contributed by atoms with Gasteiger partial charge in [0.1, 0.15) is 22.8 Å². The second-order valence-electron chi connectivity index (χ2n) is 5.47. The number of rotatable bonds is 4. The number of carbonyl (C=O) groups excluding carboxylic acids is 1. The number of hydrogen-bond donors (Lipinski definition) is 1. The molecule has 25 heavy (non-hydrogen) atoms. The molecular weight excluding hydrogens is 314 g/mol. The Hall–Kier alpha value is -3.60. The van der Waals surface area contributed by atoms with Crippen molar-refractivity contribution in [2.24, 2.45) is 0 Å². The van der Waals surface area contributed by atoms with Gasteiger partial charge in [-0.2, -0.15) is 0 Å². The first kappa shape index (κ1) is 15.0. The van der Waals surface area contributed by atoms with Gasteiger partial charge >= 0.3 is 0 Å². The molecule has 0 aliphatic rings. The molecule has 5 heteroatoms. The molecule has 0 atom stereocenters. The normalized spacial score (nSPS) is 10.6. The summed E-state index contributed by atoms with van der Waals surface area (Å²) in [5, 5.41) is 2.87. The van der Waals surface area contributed by atoms with Crippen molar-refractivity contribution in [2.75, 3.05) is 5.32 Å². The lowest BCUT2D eigenvalue weighted by Gasteiger charge is -2.08. The fraction of sp³-hybridized carbons (Fsp3) is 0. The van der Waals surface area contributed by atoms with E-state index in [1.54, 1.807) is 22.7 Å². The maximum Gasteiger partial charge on any atom is 0.274 e. The van der Waals surface area contributed by atoms with Crippen LogP contribution >= 0.6 is 0 Å². The average Bonchev–Trinajstić information content (AvgIpc) is 3.08. The van der Waals surface area contributed by atoms with Crippen LogP contribution in [-0.2, 0) is 0 Å². The van der Waals surface area contributed by atoms with E-state index in [-0.39, 0.29) is 5.91 Å². The first-order valence-electron chi connectivity index (χ1n) is 7.86. The summed E-state index contributed by atoms with van der Waals surface area (Å²) in [5.74, 6) is 1.26. The number of pyridine rings is 1. The van der Waals surface area contributed by atoms with E-state index in [4.69, 9.17) is 4.74 Å². The van der Waals surface area contributed by atoms with Gasteiger partial charge in [0.05, 0.1) is 6.20 Å². The molecule has 0 spiro atoms. The van der Waals surface area contributed by atoms with Crippen LogP contribution in [0.1, 0.15) is 10.5 Å². The Labute approximate surface area is 144 Å². The third kappa shape index (κ3) is 3.21. The van der Waals surface area contributed by atoms with Crippen molar-refractivity contribution in [3.63, 3.8) is 0 Å². The summed E-state index contributed by atoms with van der Waals surface area (Å²) in [4.78, 5) is 16.7. The van der Waals surface area contributed by atoms with E-state index in [1.165, 1.54) is 0 Å². The second kappa shape index (κ2) is 6.49. The van der Waals surface area contributed by atoms with Crippen LogP contribution in [0.3, 0.4) is 0 Å². The number of benzene rings is 2. The van der Waals surface area contributed by atoms with Gasteiger partial charge in [-0.25, -0.2) is 4.98 Å². The Morgan fingerprint density at radius 3 is 2.40 bits per heavy atom. The highest BCUT2D eigenvalue weighted by Gasteiger charge is 2.11. The topological polar surface area (TPSA) is 55.6 Å². The van der Waals surface area contributed by atoms with Crippen LogP contribution in [0.5, 0.6) is 11.5 Å². The molecule has 0 unspecified atom stereocenters. The van der Waals surface area contributed by atoms with Crippen molar-refractivity contribution in [1.29, 1.82) is 0 Å². The van der Waals surface area contributed by atoms with Crippen LogP contribution in [0.25, 0.3) is 5.65 Å². The van der Waals surface area contributed by atoms with Crippen LogP contribution in [0.4, 0.5) is 5.69 Å². The summed E-state index contributed by atoms with van der Waals surface area (Å²) < 4.78 is 7.49. The van der Waals surface area contributed by atoms with E-state index in [0.717, 1.165) is 11.4 Å². The van der Waals surface area contributed by atoms with Gasteiger partial charge in [0.2, 0.25) is 0 Å². The van der Waals surface area contributed by atoms with Crippen LogP contribution in [0.15, 0.2) is 85.2 Å². The third-order valence-corrected chi connectivity index (χ3v) is 3.74. The fourth-order valence-electron chi connectivity index (χ4n) is 2.53. The molecule has 4 rings (SSSR count). The molecule has 1 amide bonds. The van der Waals surface area contributed by atoms with Crippen LogP contribution in [0.2, 0.25) is 0 Å². The van der Waals surface area contributed by atoms with Gasteiger partial charge in [0.25, 0.3) is 5.91 Å². The largest absolute Gasteiger partial charge is 0.457 e. The number of hydrogen-bond acceptors (Lipinski definition) is 3. The number of fused-ring (bicyclic) bond motifs is 1. The Morgan fingerprint density at radius 2 is 1.60 bits per heavy atom. The molecule has 0 aliphatic heterocycles. The number of amides is 1. The molecule has 0 bridgehead atoms. The van der Waals surface area contributed by atoms with E-state index in [1.807, 2.05) is 66.9 Å². The van der Waals surface area contributed by atoms with Gasteiger partial charge in [-0.15, -0.1) is 0 Å². The molecule has 4 aromatic rings. The van der Waals surface area contributed by atoms with E-state index in [9.17, 15) is 4.79 Å². The van der Waals surface area contributed by atoms with Gasteiger partial charge in [-0.05, 0) is 48.5 Å². The highest BCUT2D eigenvalue weighted by molar-refractivity contribution is 6.03. The van der Waals surface area contributed by atoms with Crippen molar-refractivity contribution in [1.82, 2.24) is 9.38 Å². The maximum absolute atomic E-state index is 12.5. The summed E-state index contributed by atoms with van der Waals surface area (Å²) in [6.07, 6.45) is 3.38. The molecule has 2 aromatic carbocycles. The molecule has 0 saturated carbocycles. The SMILES string of the molecule is O=C(Nc1ccc(Oc2ccccc2)cc1)c1cnc2ccccn12. The Morgan fingerprint density at radius 1 is 0.880 bits per heavy atom. The van der Waals surface area contributed by atoms with Gasteiger partial charge in [0.15, 0.2) is 0 Å². The number of aromatic nitrogens is 2. The van der Waals surface area contributed by atoms with Crippen LogP contribution < -0.4 is 10.1 Å². The zero-order valence-electron chi connectivity index (χ0n) is 13.3. The zero-order valence-corrected chi connectivity index (χ0v) is 13.3. The Balaban J connectivity index is 1.48. The summed E-state index contributed by atoms with van der Waals surface area (Å²) in [7, 11) is 0. The lowest BCUT2D eigenvalue weighted by Crippen LogP contribution is -2.14. The van der Waals surface area contributed by atoms with Gasteiger partial charge in [0, 0.05) is 11.9 Å². The molecule has 0 fully saturated rings. The number of anilines is 1. The zero-order chi connectivity index (χ0) is 17.1. The van der Waals surface area contributed by atoms with E-state index >= 15 is 0 Å². The number of ether oxygens (including phenoxy) is 1. The molecule has 1 N–H and O–H groups in total. The predicted octanol–water partition coefficient (Wildman–Crippen LogP) is 4.38. The highest BCUT2D eigenvalue weighted by atomic mass is 16.5. The lowest BCUT2D eigenvalue weighted by atomic mass is 10.3. The lowest BCUT2D eigenvalue weighted by molar-refractivity contribution is 0.102. The molecule has 0 radical (unpaired) electrons. The van der Waals surface area contributed by atoms with E-state index in [0.29, 0.717) is 17.1 Å². The van der Waals surface area contributed by atoms with Crippen molar-refractivity contribution in [3.8, 4) is 11.5 Å². The van der Waals surface area contributed by atoms with Crippen molar-refractivity contribution >= 4 is 17.2 Å². The first-order chi connectivity index (χ1) is 12.3. The molecule has 0 saturated heterocycles. The van der Waals surface area contributed by atoms with Crippen molar-refractivity contribution < 1.29 is 9.53 Å². The van der Waals surface area contributed by atoms with Gasteiger partial charge < -0.3 is 10.1 Å². The Bertz CT molecular complexity index is 1010. The van der Waals surface area contributed by atoms with Crippen LogP contribution in [-0.4, -0.2) is 15.3 Å². The van der Waals surface area contributed by atoms with Crippen molar-refractivity contribution in [3.05, 3.63) is 90.9 Å². The molecular formula is C20H15N3O2. The third-order valence-electron chi connectivity index (χ3n) is 3.74. The average molecular weight is 329 g/mol. The van der Waals surface area contributed by atoms with Crippen molar-refractivity contribution in [2.45, 2.75) is 0 Å².